The molecule has 1 aromatic heterocycles. The highest BCUT2D eigenvalue weighted by atomic mass is 32.1. The van der Waals surface area contributed by atoms with Crippen molar-refractivity contribution in [3.8, 4) is 0 Å². The van der Waals surface area contributed by atoms with Crippen molar-refractivity contribution in [1.82, 2.24) is 0 Å². The van der Waals surface area contributed by atoms with Crippen molar-refractivity contribution in [1.29, 1.82) is 0 Å². The van der Waals surface area contributed by atoms with Gasteiger partial charge in [-0.2, -0.15) is 0 Å². The number of nitrogens with two attached hydrogens (primary N) is 1. The molecule has 0 aliphatic rings. The van der Waals surface area contributed by atoms with Crippen LogP contribution in [-0.4, -0.2) is 0 Å². The summed E-state index contributed by atoms with van der Waals surface area (Å²) in [5.41, 5.74) is 7.10. The van der Waals surface area contributed by atoms with E-state index >= 15 is 0 Å². The average molecular weight is 251 g/mol. The maximum Gasteiger partial charge on any atom is 0.123 e. The van der Waals surface area contributed by atoms with Crippen LogP contribution in [0.15, 0.2) is 35.7 Å². The molecule has 2 N–H and O–H groups in total. The van der Waals surface area contributed by atoms with E-state index in [0.29, 0.717) is 19.8 Å². The van der Waals surface area contributed by atoms with Crippen LogP contribution < -0.4 is 5.73 Å². The second-order valence-corrected chi connectivity index (χ2v) is 4.78. The van der Waals surface area contributed by atoms with Crippen LogP contribution in [-0.2, 0) is 24.5 Å². The molecule has 0 amide bonds. The zero-order valence-electron chi connectivity index (χ0n) is 9.36. The van der Waals surface area contributed by atoms with E-state index in [1.165, 1.54) is 17.0 Å². The summed E-state index contributed by atoms with van der Waals surface area (Å²) in [5.74, 6) is -0.261. The molecule has 0 unspecified atom stereocenters. The van der Waals surface area contributed by atoms with Gasteiger partial charge in [-0.1, -0.05) is 12.1 Å². The lowest BCUT2D eigenvalue weighted by atomic mass is 10.1. The van der Waals surface area contributed by atoms with Gasteiger partial charge in [0, 0.05) is 11.4 Å². The highest BCUT2D eigenvalue weighted by molar-refractivity contribution is 7.09. The van der Waals surface area contributed by atoms with Crippen LogP contribution in [0, 0.1) is 5.82 Å². The lowest BCUT2D eigenvalue weighted by molar-refractivity contribution is 0.109. The molecule has 17 heavy (non-hydrogen) atoms. The monoisotopic (exact) mass is 251 g/mol. The molecule has 4 heteroatoms. The number of halogens is 1. The van der Waals surface area contributed by atoms with E-state index in [-0.39, 0.29) is 5.82 Å². The van der Waals surface area contributed by atoms with Gasteiger partial charge in [-0.25, -0.2) is 4.39 Å². The third-order valence-electron chi connectivity index (χ3n) is 2.35. The molecule has 0 bridgehead atoms. The number of hydrogen-bond donors (Lipinski definition) is 1. The molecule has 1 aromatic carbocycles. The smallest absolute Gasteiger partial charge is 0.123 e. The minimum absolute atomic E-state index is 0.261. The minimum Gasteiger partial charge on any atom is -0.371 e. The molecule has 0 radical (unpaired) electrons. The first-order chi connectivity index (χ1) is 8.28. The van der Waals surface area contributed by atoms with Gasteiger partial charge in [-0.3, -0.25) is 0 Å². The van der Waals surface area contributed by atoms with Crippen molar-refractivity contribution in [2.45, 2.75) is 19.8 Å². The first kappa shape index (κ1) is 12.2. The molecule has 2 rings (SSSR count). The zero-order valence-corrected chi connectivity index (χ0v) is 10.2. The van der Waals surface area contributed by atoms with Crippen molar-refractivity contribution < 1.29 is 9.13 Å². The Morgan fingerprint density at radius 1 is 1.18 bits per heavy atom. The first-order valence-electron chi connectivity index (χ1n) is 5.36. The fourth-order valence-corrected chi connectivity index (χ4v) is 2.22. The summed E-state index contributed by atoms with van der Waals surface area (Å²) in [5, 5.41) is 2.01. The van der Waals surface area contributed by atoms with Gasteiger partial charge in [0.2, 0.25) is 0 Å². The van der Waals surface area contributed by atoms with Crippen LogP contribution in [0.1, 0.15) is 16.0 Å². The van der Waals surface area contributed by atoms with Crippen molar-refractivity contribution >= 4 is 11.3 Å². The molecule has 0 aliphatic heterocycles. The third kappa shape index (κ3) is 3.63. The van der Waals surface area contributed by atoms with E-state index in [1.54, 1.807) is 11.3 Å². The summed E-state index contributed by atoms with van der Waals surface area (Å²) in [6.07, 6.45) is 0. The molecule has 0 aliphatic carbocycles. The van der Waals surface area contributed by atoms with Gasteiger partial charge in [0.15, 0.2) is 0 Å². The topological polar surface area (TPSA) is 35.2 Å². The zero-order chi connectivity index (χ0) is 12.1. The van der Waals surface area contributed by atoms with Crippen LogP contribution >= 0.6 is 11.3 Å². The average Bonchev–Trinajstić information content (AvgIpc) is 2.81. The molecule has 0 atom stereocenters. The number of ether oxygens (including phenoxy) is 1. The first-order valence-corrected chi connectivity index (χ1v) is 6.24. The molecule has 2 aromatic rings. The van der Waals surface area contributed by atoms with Gasteiger partial charge in [0.1, 0.15) is 5.82 Å². The van der Waals surface area contributed by atoms with Gasteiger partial charge in [-0.15, -0.1) is 11.3 Å². The Morgan fingerprint density at radius 2 is 2.00 bits per heavy atom. The van der Waals surface area contributed by atoms with Gasteiger partial charge in [0.05, 0.1) is 13.2 Å². The highest BCUT2D eigenvalue weighted by Crippen LogP contribution is 2.13. The Morgan fingerprint density at radius 3 is 2.71 bits per heavy atom. The van der Waals surface area contributed by atoms with E-state index in [4.69, 9.17) is 10.5 Å². The summed E-state index contributed by atoms with van der Waals surface area (Å²) in [4.78, 5) is 1.17. The van der Waals surface area contributed by atoms with Crippen molar-refractivity contribution in [2.75, 3.05) is 0 Å². The normalized spacial score (nSPS) is 10.7. The molecule has 2 nitrogen and oxygen atoms in total. The van der Waals surface area contributed by atoms with Gasteiger partial charge in [0.25, 0.3) is 0 Å². The molecule has 90 valence electrons. The van der Waals surface area contributed by atoms with Crippen LogP contribution in [0.25, 0.3) is 0 Å². The molecule has 1 heterocycles. The molecular weight excluding hydrogens is 237 g/mol. The summed E-state index contributed by atoms with van der Waals surface area (Å²) < 4.78 is 18.7. The van der Waals surface area contributed by atoms with E-state index in [2.05, 4.69) is 0 Å². The SMILES string of the molecule is NCc1cc(F)cc(COCc2cccs2)c1. The number of hydrogen-bond acceptors (Lipinski definition) is 3. The Bertz CT molecular complexity index is 470. The summed E-state index contributed by atoms with van der Waals surface area (Å²) in [6.45, 7) is 1.31. The quantitative estimate of drug-likeness (QED) is 0.886. The Hall–Kier alpha value is -1.23. The standard InChI is InChI=1S/C13H14FNOS/c14-12-5-10(7-15)4-11(6-12)8-16-9-13-2-1-3-17-13/h1-6H,7-9,15H2. The van der Waals surface area contributed by atoms with Crippen LogP contribution in [0.5, 0.6) is 0 Å². The van der Waals surface area contributed by atoms with E-state index in [1.807, 2.05) is 23.6 Å². The minimum atomic E-state index is -0.261. The van der Waals surface area contributed by atoms with Crippen LogP contribution in [0.3, 0.4) is 0 Å². The molecule has 0 saturated heterocycles. The molecular formula is C13H14FNOS. The van der Waals surface area contributed by atoms with Gasteiger partial charge < -0.3 is 10.5 Å². The maximum atomic E-state index is 13.2. The molecule has 0 saturated carbocycles. The van der Waals surface area contributed by atoms with Crippen LogP contribution in [0.4, 0.5) is 4.39 Å². The maximum absolute atomic E-state index is 13.2. The van der Waals surface area contributed by atoms with Crippen molar-refractivity contribution in [2.24, 2.45) is 5.73 Å². The number of rotatable bonds is 5. The van der Waals surface area contributed by atoms with Gasteiger partial charge >= 0.3 is 0 Å². The largest absolute Gasteiger partial charge is 0.371 e. The fraction of sp³-hybridized carbons (Fsp3) is 0.231. The fourth-order valence-electron chi connectivity index (χ4n) is 1.58. The predicted octanol–water partition coefficient (Wildman–Crippen LogP) is 3.06. The van der Waals surface area contributed by atoms with Crippen LogP contribution in [0.2, 0.25) is 0 Å². The summed E-state index contributed by atoms with van der Waals surface area (Å²) >= 11 is 1.65. The molecule has 0 spiro atoms. The predicted molar refractivity (Wildman–Crippen MR) is 67.1 cm³/mol. The second kappa shape index (κ2) is 5.91. The van der Waals surface area contributed by atoms with E-state index in [0.717, 1.165) is 11.1 Å². The van der Waals surface area contributed by atoms with E-state index < -0.39 is 0 Å². The lowest BCUT2D eigenvalue weighted by Crippen LogP contribution is -2.00. The summed E-state index contributed by atoms with van der Waals surface area (Å²) in [7, 11) is 0. The Labute approximate surface area is 104 Å². The third-order valence-corrected chi connectivity index (χ3v) is 3.20. The molecule has 0 fully saturated rings. The number of benzene rings is 1. The van der Waals surface area contributed by atoms with Gasteiger partial charge in [-0.05, 0) is 34.7 Å². The lowest BCUT2D eigenvalue weighted by Gasteiger charge is -2.05. The number of thiophene rings is 1. The second-order valence-electron chi connectivity index (χ2n) is 3.74. The Kier molecular flexibility index (Phi) is 4.25. The van der Waals surface area contributed by atoms with E-state index in [9.17, 15) is 4.39 Å². The summed E-state index contributed by atoms with van der Waals surface area (Å²) in [6, 6.07) is 8.80. The van der Waals surface area contributed by atoms with Crippen molar-refractivity contribution in [3.05, 3.63) is 57.5 Å². The van der Waals surface area contributed by atoms with Crippen molar-refractivity contribution in [3.63, 3.8) is 0 Å². The highest BCUT2D eigenvalue weighted by Gasteiger charge is 2.01. The Balaban J connectivity index is 1.92.